The van der Waals surface area contributed by atoms with Gasteiger partial charge in [0.25, 0.3) is 10.0 Å². The van der Waals surface area contributed by atoms with E-state index < -0.39 is 10.0 Å². The maximum absolute atomic E-state index is 12.5. The lowest BCUT2D eigenvalue weighted by Crippen LogP contribution is -2.15. The summed E-state index contributed by atoms with van der Waals surface area (Å²) in [7, 11) is -2.11. The summed E-state index contributed by atoms with van der Waals surface area (Å²) in [5.41, 5.74) is 1.23. The summed E-state index contributed by atoms with van der Waals surface area (Å²) in [5.74, 6) is 0. The molecule has 4 nitrogen and oxygen atoms in total. The summed E-state index contributed by atoms with van der Waals surface area (Å²) < 4.78 is 34.0. The van der Waals surface area contributed by atoms with Crippen LogP contribution in [0.3, 0.4) is 0 Å². The fourth-order valence-corrected chi connectivity index (χ4v) is 4.39. The molecular weight excluding hydrogens is 422 g/mol. The van der Waals surface area contributed by atoms with Crippen molar-refractivity contribution < 1.29 is 13.2 Å². The highest BCUT2D eigenvalue weighted by Crippen LogP contribution is 2.29. The molecule has 0 amide bonds. The number of halogens is 2. The molecule has 0 atom stereocenters. The van der Waals surface area contributed by atoms with Crippen LogP contribution in [0.5, 0.6) is 0 Å². The van der Waals surface area contributed by atoms with Gasteiger partial charge in [-0.25, -0.2) is 8.42 Å². The van der Waals surface area contributed by atoms with Gasteiger partial charge in [0.15, 0.2) is 0 Å². The molecule has 0 fully saturated rings. The number of hydrogen-bond acceptors (Lipinski definition) is 3. The van der Waals surface area contributed by atoms with Crippen LogP contribution in [-0.2, 0) is 21.4 Å². The van der Waals surface area contributed by atoms with Crippen molar-refractivity contribution >= 4 is 47.6 Å². The third kappa shape index (κ3) is 3.85. The van der Waals surface area contributed by atoms with Crippen molar-refractivity contribution in [3.8, 4) is 0 Å². The smallest absolute Gasteiger partial charge is 0.263 e. The minimum absolute atomic E-state index is 0.188. The Morgan fingerprint density at radius 3 is 2.38 bits per heavy atom. The Balaban J connectivity index is 2.42. The van der Waals surface area contributed by atoms with Crippen LogP contribution in [-0.4, -0.2) is 15.5 Å². The van der Waals surface area contributed by atoms with Crippen molar-refractivity contribution in [2.24, 2.45) is 0 Å². The highest BCUT2D eigenvalue weighted by atomic mass is 79.9. The molecule has 0 aliphatic heterocycles. The monoisotopic (exact) mass is 433 g/mol. The minimum Gasteiger partial charge on any atom is -0.380 e. The lowest BCUT2D eigenvalue weighted by Gasteiger charge is -2.14. The van der Waals surface area contributed by atoms with E-state index in [0.717, 1.165) is 10.0 Å². The van der Waals surface area contributed by atoms with Crippen LogP contribution in [0.15, 0.2) is 56.3 Å². The van der Waals surface area contributed by atoms with Crippen LogP contribution < -0.4 is 4.72 Å². The van der Waals surface area contributed by atoms with Gasteiger partial charge in [0.1, 0.15) is 4.90 Å². The lowest BCUT2D eigenvalue weighted by atomic mass is 10.2. The summed E-state index contributed by atoms with van der Waals surface area (Å²) in [6.07, 6.45) is 0. The molecule has 0 unspecified atom stereocenters. The average Bonchev–Trinajstić information content (AvgIpc) is 2.43. The Labute approximate surface area is 140 Å². The van der Waals surface area contributed by atoms with Gasteiger partial charge in [-0.2, -0.15) is 0 Å². The molecule has 0 radical (unpaired) electrons. The van der Waals surface area contributed by atoms with Crippen LogP contribution in [0, 0.1) is 0 Å². The van der Waals surface area contributed by atoms with Crippen LogP contribution in [0.25, 0.3) is 0 Å². The summed E-state index contributed by atoms with van der Waals surface area (Å²) >= 11 is 6.66. The Morgan fingerprint density at radius 2 is 1.71 bits per heavy atom. The molecule has 0 saturated carbocycles. The Bertz CT molecular complexity index is 748. The zero-order chi connectivity index (χ0) is 15.5. The van der Waals surface area contributed by atoms with Crippen LogP contribution in [0.2, 0.25) is 0 Å². The molecular formula is C14H13Br2NO3S. The predicted octanol–water partition coefficient (Wildman–Crippen LogP) is 4.16. The second-order valence-corrected chi connectivity index (χ2v) is 7.59. The van der Waals surface area contributed by atoms with E-state index in [2.05, 4.69) is 36.6 Å². The molecule has 0 aliphatic carbocycles. The Morgan fingerprint density at radius 1 is 1.05 bits per heavy atom. The summed E-state index contributed by atoms with van der Waals surface area (Å²) in [4.78, 5) is 0.188. The standard InChI is InChI=1S/C14H13Br2NO3S/c1-20-9-10-11(15)6-4-7-13(10)17-21(18,19)14-8-3-2-5-12(14)16/h2-8,17H,9H2,1H3. The molecule has 0 saturated heterocycles. The number of hydrogen-bond donors (Lipinski definition) is 1. The van der Waals surface area contributed by atoms with Gasteiger partial charge in [0.2, 0.25) is 0 Å². The molecule has 7 heteroatoms. The van der Waals surface area contributed by atoms with Crippen LogP contribution in [0.1, 0.15) is 5.56 Å². The first kappa shape index (κ1) is 16.5. The van der Waals surface area contributed by atoms with E-state index >= 15 is 0 Å². The maximum Gasteiger partial charge on any atom is 0.263 e. The summed E-state index contributed by atoms with van der Waals surface area (Å²) in [5, 5.41) is 0. The van der Waals surface area contributed by atoms with Gasteiger partial charge in [0.05, 0.1) is 12.3 Å². The van der Waals surface area contributed by atoms with Gasteiger partial charge in [-0.05, 0) is 40.2 Å². The normalized spacial score (nSPS) is 11.4. The van der Waals surface area contributed by atoms with Crippen molar-refractivity contribution in [3.05, 3.63) is 57.0 Å². The summed E-state index contributed by atoms with van der Waals surface area (Å²) in [6, 6.07) is 12.0. The third-order valence-electron chi connectivity index (χ3n) is 2.78. The van der Waals surface area contributed by atoms with Crippen molar-refractivity contribution in [1.82, 2.24) is 0 Å². The van der Waals surface area contributed by atoms with Crippen molar-refractivity contribution in [1.29, 1.82) is 0 Å². The molecule has 0 spiro atoms. The van der Waals surface area contributed by atoms with Crippen LogP contribution >= 0.6 is 31.9 Å². The molecule has 0 bridgehead atoms. The second-order valence-electron chi connectivity index (χ2n) is 4.23. The number of anilines is 1. The number of methoxy groups -OCH3 is 1. The highest BCUT2D eigenvalue weighted by molar-refractivity contribution is 9.10. The fraction of sp³-hybridized carbons (Fsp3) is 0.143. The Hall–Kier alpha value is -0.890. The van der Waals surface area contributed by atoms with E-state index in [1.54, 1.807) is 43.5 Å². The molecule has 0 heterocycles. The quantitative estimate of drug-likeness (QED) is 0.768. The maximum atomic E-state index is 12.5. The van der Waals surface area contributed by atoms with Crippen molar-refractivity contribution in [2.45, 2.75) is 11.5 Å². The van der Waals surface area contributed by atoms with E-state index in [1.165, 1.54) is 0 Å². The third-order valence-corrected chi connectivity index (χ3v) is 5.90. The fourth-order valence-electron chi connectivity index (χ4n) is 1.81. The average molecular weight is 435 g/mol. The molecule has 0 aliphatic rings. The molecule has 21 heavy (non-hydrogen) atoms. The van der Waals surface area contributed by atoms with Gasteiger partial charge >= 0.3 is 0 Å². The first-order valence-corrected chi connectivity index (χ1v) is 9.06. The minimum atomic E-state index is -3.67. The zero-order valence-corrected chi connectivity index (χ0v) is 15.1. The predicted molar refractivity (Wildman–Crippen MR) is 89.8 cm³/mol. The number of benzene rings is 2. The first-order valence-electron chi connectivity index (χ1n) is 5.99. The van der Waals surface area contributed by atoms with E-state index in [0.29, 0.717) is 16.8 Å². The second kappa shape index (κ2) is 6.91. The van der Waals surface area contributed by atoms with E-state index in [-0.39, 0.29) is 4.90 Å². The number of sulfonamides is 1. The number of ether oxygens (including phenoxy) is 1. The SMILES string of the molecule is COCc1c(Br)cccc1NS(=O)(=O)c1ccccc1Br. The number of nitrogens with one attached hydrogen (secondary N) is 1. The van der Waals surface area contributed by atoms with Crippen molar-refractivity contribution in [3.63, 3.8) is 0 Å². The highest BCUT2D eigenvalue weighted by Gasteiger charge is 2.19. The molecule has 2 rings (SSSR count). The zero-order valence-electron chi connectivity index (χ0n) is 11.1. The van der Waals surface area contributed by atoms with Gasteiger partial charge in [-0.15, -0.1) is 0 Å². The lowest BCUT2D eigenvalue weighted by molar-refractivity contribution is 0.185. The van der Waals surface area contributed by atoms with Gasteiger partial charge < -0.3 is 4.74 Å². The largest absolute Gasteiger partial charge is 0.380 e. The topological polar surface area (TPSA) is 55.4 Å². The van der Waals surface area contributed by atoms with E-state index in [9.17, 15) is 8.42 Å². The molecule has 0 aromatic heterocycles. The van der Waals surface area contributed by atoms with E-state index in [4.69, 9.17) is 4.74 Å². The van der Waals surface area contributed by atoms with Crippen LogP contribution in [0.4, 0.5) is 5.69 Å². The molecule has 2 aromatic rings. The molecule has 112 valence electrons. The van der Waals surface area contributed by atoms with Gasteiger partial charge in [-0.3, -0.25) is 4.72 Å². The first-order chi connectivity index (χ1) is 9.95. The molecule has 1 N–H and O–H groups in total. The number of rotatable bonds is 5. The van der Waals surface area contributed by atoms with Crippen molar-refractivity contribution in [2.75, 3.05) is 11.8 Å². The van der Waals surface area contributed by atoms with Gasteiger partial charge in [-0.1, -0.05) is 34.1 Å². The molecule has 2 aromatic carbocycles. The van der Waals surface area contributed by atoms with Gasteiger partial charge in [0, 0.05) is 21.6 Å². The van der Waals surface area contributed by atoms with E-state index in [1.807, 2.05) is 6.07 Å². The summed E-state index contributed by atoms with van der Waals surface area (Å²) in [6.45, 7) is 0.301. The Kier molecular flexibility index (Phi) is 5.43.